The zero-order valence-electron chi connectivity index (χ0n) is 9.09. The first-order valence-corrected chi connectivity index (χ1v) is 5.47. The summed E-state index contributed by atoms with van der Waals surface area (Å²) in [6.45, 7) is 1.70. The summed E-state index contributed by atoms with van der Waals surface area (Å²) >= 11 is 3.08. The molecule has 1 atom stereocenters. The van der Waals surface area contributed by atoms with Crippen molar-refractivity contribution < 1.29 is 13.9 Å². The van der Waals surface area contributed by atoms with Gasteiger partial charge in [-0.15, -0.1) is 0 Å². The number of nitrogens with two attached hydrogens (primary N) is 1. The molecule has 1 rings (SSSR count). The number of hydrogen-bond acceptors (Lipinski definition) is 3. The molecular weight excluding hydrogens is 277 g/mol. The highest BCUT2D eigenvalue weighted by Crippen LogP contribution is 2.26. The summed E-state index contributed by atoms with van der Waals surface area (Å²) in [7, 11) is 1.30. The van der Waals surface area contributed by atoms with E-state index in [4.69, 9.17) is 5.73 Å². The van der Waals surface area contributed by atoms with Crippen LogP contribution in [0.3, 0.4) is 0 Å². The number of esters is 1. The van der Waals surface area contributed by atoms with Gasteiger partial charge in [-0.2, -0.15) is 0 Å². The van der Waals surface area contributed by atoms with Crippen LogP contribution in [0, 0.1) is 5.82 Å². The molecule has 0 aliphatic heterocycles. The van der Waals surface area contributed by atoms with Gasteiger partial charge >= 0.3 is 5.97 Å². The Morgan fingerprint density at radius 3 is 2.75 bits per heavy atom. The summed E-state index contributed by atoms with van der Waals surface area (Å²) in [5.41, 5.74) is 5.79. The van der Waals surface area contributed by atoms with E-state index < -0.39 is 11.5 Å². The Labute approximate surface area is 102 Å². The smallest absolute Gasteiger partial charge is 0.307 e. The van der Waals surface area contributed by atoms with Crippen LogP contribution < -0.4 is 5.73 Å². The molecule has 0 saturated carbocycles. The molecule has 0 spiro atoms. The molecule has 0 unspecified atom stereocenters. The fourth-order valence-corrected chi connectivity index (χ4v) is 1.70. The van der Waals surface area contributed by atoms with Gasteiger partial charge in [0, 0.05) is 5.54 Å². The van der Waals surface area contributed by atoms with Crippen LogP contribution >= 0.6 is 15.9 Å². The fraction of sp³-hybridized carbons (Fsp3) is 0.364. The summed E-state index contributed by atoms with van der Waals surface area (Å²) in [5.74, 6) is -0.761. The molecule has 5 heteroatoms. The highest BCUT2D eigenvalue weighted by atomic mass is 79.9. The lowest BCUT2D eigenvalue weighted by atomic mass is 9.90. The van der Waals surface area contributed by atoms with Gasteiger partial charge in [0.1, 0.15) is 5.82 Å². The molecule has 2 N–H and O–H groups in total. The Hall–Kier alpha value is -0.940. The van der Waals surface area contributed by atoms with Crippen molar-refractivity contribution in [3.63, 3.8) is 0 Å². The summed E-state index contributed by atoms with van der Waals surface area (Å²) in [5, 5.41) is 0. The monoisotopic (exact) mass is 289 g/mol. The molecule has 16 heavy (non-hydrogen) atoms. The van der Waals surface area contributed by atoms with Crippen LogP contribution in [-0.4, -0.2) is 13.1 Å². The molecule has 0 radical (unpaired) electrons. The molecule has 0 fully saturated rings. The second-order valence-electron chi connectivity index (χ2n) is 3.80. The van der Waals surface area contributed by atoms with E-state index in [1.165, 1.54) is 13.2 Å². The predicted molar refractivity (Wildman–Crippen MR) is 62.3 cm³/mol. The summed E-state index contributed by atoms with van der Waals surface area (Å²) < 4.78 is 17.9. The van der Waals surface area contributed by atoms with Gasteiger partial charge in [0.25, 0.3) is 0 Å². The van der Waals surface area contributed by atoms with Gasteiger partial charge in [0.15, 0.2) is 0 Å². The SMILES string of the molecule is COC(=O)C[C@](C)(N)c1ccc(F)c(Br)c1. The van der Waals surface area contributed by atoms with Crippen molar-refractivity contribution in [3.8, 4) is 0 Å². The lowest BCUT2D eigenvalue weighted by Crippen LogP contribution is -2.36. The molecule has 88 valence electrons. The first-order valence-electron chi connectivity index (χ1n) is 4.68. The summed E-state index contributed by atoms with van der Waals surface area (Å²) in [4.78, 5) is 11.2. The van der Waals surface area contributed by atoms with Gasteiger partial charge in [-0.05, 0) is 40.5 Å². The third-order valence-electron chi connectivity index (χ3n) is 2.32. The normalized spacial score (nSPS) is 14.3. The van der Waals surface area contributed by atoms with Crippen LogP contribution in [0.15, 0.2) is 22.7 Å². The van der Waals surface area contributed by atoms with Gasteiger partial charge in [0.05, 0.1) is 18.0 Å². The molecule has 0 aliphatic carbocycles. The zero-order chi connectivity index (χ0) is 12.3. The van der Waals surface area contributed by atoms with E-state index in [-0.39, 0.29) is 12.2 Å². The van der Waals surface area contributed by atoms with Crippen LogP contribution in [-0.2, 0) is 15.1 Å². The number of carbonyl (C=O) groups is 1. The number of methoxy groups -OCH3 is 1. The Morgan fingerprint density at radius 1 is 1.62 bits per heavy atom. The van der Waals surface area contributed by atoms with E-state index in [0.29, 0.717) is 10.0 Å². The highest BCUT2D eigenvalue weighted by Gasteiger charge is 2.26. The Bertz CT molecular complexity index is 407. The van der Waals surface area contributed by atoms with Crippen LogP contribution in [0.4, 0.5) is 4.39 Å². The fourth-order valence-electron chi connectivity index (χ4n) is 1.33. The second kappa shape index (κ2) is 4.93. The average molecular weight is 290 g/mol. The van der Waals surface area contributed by atoms with Crippen molar-refractivity contribution in [2.45, 2.75) is 18.9 Å². The maximum Gasteiger partial charge on any atom is 0.307 e. The van der Waals surface area contributed by atoms with Gasteiger partial charge in [-0.1, -0.05) is 6.07 Å². The third kappa shape index (κ3) is 3.02. The van der Waals surface area contributed by atoms with Crippen molar-refractivity contribution in [2.75, 3.05) is 7.11 Å². The summed E-state index contributed by atoms with van der Waals surface area (Å²) in [6.07, 6.45) is 0.0432. The maximum atomic E-state index is 13.0. The minimum absolute atomic E-state index is 0.0432. The van der Waals surface area contributed by atoms with Gasteiger partial charge in [-0.25, -0.2) is 4.39 Å². The topological polar surface area (TPSA) is 52.3 Å². The van der Waals surface area contributed by atoms with Crippen LogP contribution in [0.2, 0.25) is 0 Å². The van der Waals surface area contributed by atoms with Crippen LogP contribution in [0.1, 0.15) is 18.9 Å². The molecule has 1 aromatic rings. The van der Waals surface area contributed by atoms with Crippen molar-refractivity contribution in [2.24, 2.45) is 5.73 Å². The Balaban J connectivity index is 2.97. The van der Waals surface area contributed by atoms with E-state index in [2.05, 4.69) is 20.7 Å². The maximum absolute atomic E-state index is 13.0. The van der Waals surface area contributed by atoms with Crippen LogP contribution in [0.25, 0.3) is 0 Å². The number of rotatable bonds is 3. The predicted octanol–water partition coefficient (Wildman–Crippen LogP) is 2.33. The van der Waals surface area contributed by atoms with E-state index in [1.807, 2.05) is 0 Å². The van der Waals surface area contributed by atoms with Crippen molar-refractivity contribution >= 4 is 21.9 Å². The van der Waals surface area contributed by atoms with E-state index in [9.17, 15) is 9.18 Å². The number of ether oxygens (including phenoxy) is 1. The summed E-state index contributed by atoms with van der Waals surface area (Å²) in [6, 6.07) is 4.43. The quantitative estimate of drug-likeness (QED) is 0.869. The largest absolute Gasteiger partial charge is 0.469 e. The molecule has 0 saturated heterocycles. The van der Waals surface area contributed by atoms with Crippen molar-refractivity contribution in [3.05, 3.63) is 34.1 Å². The van der Waals surface area contributed by atoms with E-state index in [0.717, 1.165) is 0 Å². The van der Waals surface area contributed by atoms with Gasteiger partial charge in [0.2, 0.25) is 0 Å². The molecule has 0 aromatic heterocycles. The first kappa shape index (κ1) is 13.1. The average Bonchev–Trinajstić information content (AvgIpc) is 2.21. The number of hydrogen-bond donors (Lipinski definition) is 1. The lowest BCUT2D eigenvalue weighted by Gasteiger charge is -2.24. The van der Waals surface area contributed by atoms with Crippen LogP contribution in [0.5, 0.6) is 0 Å². The Kier molecular flexibility index (Phi) is 4.04. The third-order valence-corrected chi connectivity index (χ3v) is 2.93. The second-order valence-corrected chi connectivity index (χ2v) is 4.65. The highest BCUT2D eigenvalue weighted by molar-refractivity contribution is 9.10. The van der Waals surface area contributed by atoms with E-state index in [1.54, 1.807) is 19.1 Å². The van der Waals surface area contributed by atoms with Gasteiger partial charge in [-0.3, -0.25) is 4.79 Å². The molecular formula is C11H13BrFNO2. The molecule has 1 aromatic carbocycles. The minimum atomic E-state index is -0.872. The standard InChI is InChI=1S/C11H13BrFNO2/c1-11(14,6-10(15)16-2)7-3-4-9(13)8(12)5-7/h3-5H,6,14H2,1-2H3/t11-/m0/s1. The lowest BCUT2D eigenvalue weighted by molar-refractivity contribution is -0.141. The number of carbonyl (C=O) groups excluding carboxylic acids is 1. The molecule has 0 aliphatic rings. The Morgan fingerprint density at radius 2 is 2.25 bits per heavy atom. The molecule has 3 nitrogen and oxygen atoms in total. The number of benzene rings is 1. The van der Waals surface area contributed by atoms with Gasteiger partial charge < -0.3 is 10.5 Å². The number of halogens is 2. The molecule has 0 heterocycles. The van der Waals surface area contributed by atoms with E-state index >= 15 is 0 Å². The first-order chi connectivity index (χ1) is 7.36. The molecule has 0 bridgehead atoms. The van der Waals surface area contributed by atoms with Crippen molar-refractivity contribution in [1.29, 1.82) is 0 Å². The van der Waals surface area contributed by atoms with Crippen molar-refractivity contribution in [1.82, 2.24) is 0 Å². The molecule has 0 amide bonds. The minimum Gasteiger partial charge on any atom is -0.469 e. The zero-order valence-corrected chi connectivity index (χ0v) is 10.7.